The number of benzene rings is 1. The fourth-order valence-corrected chi connectivity index (χ4v) is 8.11. The first kappa shape index (κ1) is 32.7. The summed E-state index contributed by atoms with van der Waals surface area (Å²) in [4.78, 5) is 26.4. The molecule has 0 N–H and O–H groups in total. The molecular weight excluding hydrogens is 632 g/mol. The number of aromatic nitrogens is 4. The van der Waals surface area contributed by atoms with E-state index in [1.54, 1.807) is 18.3 Å². The second kappa shape index (κ2) is 14.6. The van der Waals surface area contributed by atoms with Gasteiger partial charge in [-0.15, -0.1) is 33.1 Å². The zero-order valence-electron chi connectivity index (χ0n) is 26.2. The van der Waals surface area contributed by atoms with Crippen LogP contribution in [0.25, 0.3) is 10.2 Å². The van der Waals surface area contributed by atoms with Gasteiger partial charge in [-0.3, -0.25) is 4.57 Å². The number of alkyl halides is 1. The standard InChI is InChI=1S/C31H41ClN6O3S2Si/c1-6-41-29(39)26-25(15-11-16-32)43-30(33-26)37-17-10-9-12-22-21(2)27(35-36-28(22)37)34-31-38(20-40-18-19-44(3,4)5)23-13-7-8-14-24(23)42-31/h7-8,13-14H,6,9-12,15-20H2,1-5H3. The summed E-state index contributed by atoms with van der Waals surface area (Å²) < 4.78 is 14.8. The minimum atomic E-state index is -1.19. The first-order chi connectivity index (χ1) is 21.2. The molecule has 0 spiro atoms. The van der Waals surface area contributed by atoms with Crippen molar-refractivity contribution >= 4 is 75.3 Å². The monoisotopic (exact) mass is 672 g/mol. The Morgan fingerprint density at radius 3 is 2.75 bits per heavy atom. The normalized spacial score (nSPS) is 14.2. The first-order valence-corrected chi connectivity index (χ1v) is 21.1. The van der Waals surface area contributed by atoms with Crippen LogP contribution < -0.4 is 9.70 Å². The van der Waals surface area contributed by atoms with E-state index in [4.69, 9.17) is 36.1 Å². The molecule has 0 radical (unpaired) electrons. The highest BCUT2D eigenvalue weighted by atomic mass is 35.5. The van der Waals surface area contributed by atoms with Gasteiger partial charge in [0.25, 0.3) is 0 Å². The van der Waals surface area contributed by atoms with Gasteiger partial charge in [0, 0.05) is 43.1 Å². The molecule has 3 aromatic heterocycles. The fraction of sp³-hybridized carbons (Fsp3) is 0.516. The van der Waals surface area contributed by atoms with Gasteiger partial charge in [-0.05, 0) is 64.1 Å². The largest absolute Gasteiger partial charge is 0.461 e. The van der Waals surface area contributed by atoms with Crippen molar-refractivity contribution in [2.75, 3.05) is 30.5 Å². The lowest BCUT2D eigenvalue weighted by atomic mass is 10.1. The summed E-state index contributed by atoms with van der Waals surface area (Å²) in [7, 11) is -1.19. The predicted octanol–water partition coefficient (Wildman–Crippen LogP) is 7.62. The van der Waals surface area contributed by atoms with Gasteiger partial charge in [0.2, 0.25) is 0 Å². The van der Waals surface area contributed by atoms with Gasteiger partial charge in [-0.2, -0.15) is 4.99 Å². The molecule has 0 aliphatic carbocycles. The van der Waals surface area contributed by atoms with Crippen molar-refractivity contribution in [3.63, 3.8) is 0 Å². The van der Waals surface area contributed by atoms with Crippen LogP contribution in [0.3, 0.4) is 0 Å². The van der Waals surface area contributed by atoms with Crippen LogP contribution in [-0.4, -0.2) is 59.4 Å². The number of ether oxygens (including phenoxy) is 2. The molecule has 0 amide bonds. The van der Waals surface area contributed by atoms with E-state index in [1.807, 2.05) is 12.1 Å². The van der Waals surface area contributed by atoms with Gasteiger partial charge < -0.3 is 14.4 Å². The number of thiazole rings is 2. The molecule has 0 bridgehead atoms. The molecule has 0 saturated carbocycles. The number of aryl methyl sites for hydroxylation is 1. The number of halogens is 1. The second-order valence-electron chi connectivity index (χ2n) is 12.1. The highest BCUT2D eigenvalue weighted by Crippen LogP contribution is 2.38. The van der Waals surface area contributed by atoms with E-state index >= 15 is 0 Å². The number of carbonyl (C=O) groups excluding carboxylic acids is 1. The number of hydrogen-bond acceptors (Lipinski definition) is 10. The quantitative estimate of drug-likeness (QED) is 0.0661. The molecule has 4 aromatic rings. The van der Waals surface area contributed by atoms with E-state index in [2.05, 4.69) is 53.3 Å². The Kier molecular flexibility index (Phi) is 10.9. The molecule has 9 nitrogen and oxygen atoms in total. The lowest BCUT2D eigenvalue weighted by Crippen LogP contribution is -2.23. The average molecular weight is 673 g/mol. The molecule has 1 aromatic carbocycles. The number of carbonyl (C=O) groups is 1. The van der Waals surface area contributed by atoms with Crippen LogP contribution in [-0.2, 0) is 29.0 Å². The molecule has 13 heteroatoms. The van der Waals surface area contributed by atoms with Crippen LogP contribution in [0, 0.1) is 6.92 Å². The first-order valence-electron chi connectivity index (χ1n) is 15.3. The van der Waals surface area contributed by atoms with Crippen molar-refractivity contribution in [1.29, 1.82) is 0 Å². The summed E-state index contributed by atoms with van der Waals surface area (Å²) in [6.45, 7) is 13.2. The van der Waals surface area contributed by atoms with Gasteiger partial charge in [-0.25, -0.2) is 9.78 Å². The van der Waals surface area contributed by atoms with Crippen molar-refractivity contribution in [1.82, 2.24) is 19.7 Å². The van der Waals surface area contributed by atoms with Crippen molar-refractivity contribution in [3.8, 4) is 0 Å². The number of rotatable bonds is 12. The maximum Gasteiger partial charge on any atom is 0.358 e. The molecule has 236 valence electrons. The smallest absolute Gasteiger partial charge is 0.358 e. The van der Waals surface area contributed by atoms with Crippen molar-refractivity contribution in [2.45, 2.75) is 78.4 Å². The summed E-state index contributed by atoms with van der Waals surface area (Å²) >= 11 is 9.13. The van der Waals surface area contributed by atoms with Gasteiger partial charge in [0.1, 0.15) is 6.73 Å². The molecule has 44 heavy (non-hydrogen) atoms. The molecule has 0 unspecified atom stereocenters. The van der Waals surface area contributed by atoms with E-state index in [-0.39, 0.29) is 0 Å². The molecule has 0 atom stereocenters. The van der Waals surface area contributed by atoms with Crippen LogP contribution in [0.5, 0.6) is 0 Å². The minimum absolute atomic E-state index is 0.300. The Morgan fingerprint density at radius 1 is 1.16 bits per heavy atom. The van der Waals surface area contributed by atoms with Crippen molar-refractivity contribution < 1.29 is 14.3 Å². The van der Waals surface area contributed by atoms with E-state index in [0.717, 1.165) is 86.9 Å². The SMILES string of the molecule is CCOC(=O)c1nc(N2CCCCc3c2nnc(N=c2sc4ccccc4n2COCC[Si](C)(C)C)c3C)sc1CCCCl. The summed E-state index contributed by atoms with van der Waals surface area (Å²) in [5, 5.41) is 10.1. The summed E-state index contributed by atoms with van der Waals surface area (Å²) in [6, 6.07) is 9.44. The van der Waals surface area contributed by atoms with Crippen molar-refractivity contribution in [2.24, 2.45) is 4.99 Å². The number of hydrogen-bond donors (Lipinski definition) is 0. The maximum atomic E-state index is 12.8. The Balaban J connectivity index is 1.51. The number of esters is 1. The van der Waals surface area contributed by atoms with E-state index in [1.165, 1.54) is 11.3 Å². The molecule has 1 aliphatic heterocycles. The second-order valence-corrected chi connectivity index (χ2v) is 20.2. The maximum absolute atomic E-state index is 12.8. The highest BCUT2D eigenvalue weighted by molar-refractivity contribution is 7.16. The number of nitrogens with zero attached hydrogens (tertiary/aromatic N) is 6. The third kappa shape index (κ3) is 7.59. The fourth-order valence-electron chi connectivity index (χ4n) is 5.09. The number of anilines is 2. The van der Waals surface area contributed by atoms with Crippen molar-refractivity contribution in [3.05, 3.63) is 50.8 Å². The van der Waals surface area contributed by atoms with Crippen LogP contribution in [0.1, 0.15) is 52.7 Å². The average Bonchev–Trinajstić information content (AvgIpc) is 3.49. The number of para-hydroxylation sites is 1. The number of fused-ring (bicyclic) bond motifs is 2. The minimum Gasteiger partial charge on any atom is -0.461 e. The summed E-state index contributed by atoms with van der Waals surface area (Å²) in [5.41, 5.74) is 3.60. The third-order valence-electron chi connectivity index (χ3n) is 7.54. The van der Waals surface area contributed by atoms with Crippen LogP contribution in [0.15, 0.2) is 29.3 Å². The Bertz CT molecular complexity index is 1680. The Hall–Kier alpha value is -2.64. The van der Waals surface area contributed by atoms with Crippen LogP contribution >= 0.6 is 34.3 Å². The topological polar surface area (TPSA) is 94.7 Å². The molecule has 0 fully saturated rings. The van der Waals surface area contributed by atoms with Gasteiger partial charge in [0.15, 0.2) is 27.3 Å². The van der Waals surface area contributed by atoms with Crippen LogP contribution in [0.4, 0.5) is 16.8 Å². The Morgan fingerprint density at radius 2 is 1.98 bits per heavy atom. The van der Waals surface area contributed by atoms with Gasteiger partial charge in [0.05, 0.1) is 16.8 Å². The molecule has 0 saturated heterocycles. The molecule has 4 heterocycles. The zero-order chi connectivity index (χ0) is 31.3. The summed E-state index contributed by atoms with van der Waals surface area (Å²) in [5.74, 6) is 1.52. The summed E-state index contributed by atoms with van der Waals surface area (Å²) in [6.07, 6.45) is 4.29. The zero-order valence-corrected chi connectivity index (χ0v) is 29.6. The Labute approximate surface area is 272 Å². The lowest BCUT2D eigenvalue weighted by molar-refractivity contribution is 0.0519. The lowest BCUT2D eigenvalue weighted by Gasteiger charge is -2.21. The predicted molar refractivity (Wildman–Crippen MR) is 183 cm³/mol. The molecule has 1 aliphatic rings. The van der Waals surface area contributed by atoms with Gasteiger partial charge in [-0.1, -0.05) is 43.1 Å². The van der Waals surface area contributed by atoms with E-state index in [0.29, 0.717) is 37.2 Å². The van der Waals surface area contributed by atoms with Gasteiger partial charge >= 0.3 is 5.97 Å². The highest BCUT2D eigenvalue weighted by Gasteiger charge is 2.28. The van der Waals surface area contributed by atoms with E-state index < -0.39 is 14.0 Å². The molecular formula is C31H41ClN6O3S2Si. The molecule has 5 rings (SSSR count). The van der Waals surface area contributed by atoms with E-state index in [9.17, 15) is 4.79 Å². The van der Waals surface area contributed by atoms with Crippen LogP contribution in [0.2, 0.25) is 25.7 Å². The third-order valence-corrected chi connectivity index (χ3v) is 11.7.